The maximum atomic E-state index is 13.9. The molecule has 0 radical (unpaired) electrons. The van der Waals surface area contributed by atoms with Crippen LogP contribution in [0.5, 0.6) is 0 Å². The van der Waals surface area contributed by atoms with Gasteiger partial charge < -0.3 is 14.5 Å². The topological polar surface area (TPSA) is 103 Å². The molecule has 6 rings (SSSR count). The third-order valence-corrected chi connectivity index (χ3v) is 7.89. The van der Waals surface area contributed by atoms with E-state index in [1.54, 1.807) is 54.0 Å². The number of para-hydroxylation sites is 1. The Morgan fingerprint density at radius 3 is 2.38 bits per heavy atom. The number of hydrogen-bond acceptors (Lipinski definition) is 7. The molecule has 0 saturated heterocycles. The maximum absolute atomic E-state index is 13.9. The molecule has 0 spiro atoms. The number of anilines is 1. The molecule has 9 heteroatoms. The number of thiazole rings is 1. The fraction of sp³-hybridized carbons (Fsp3) is 0.0909. The van der Waals surface area contributed by atoms with Crippen LogP contribution in [0, 0.1) is 0 Å². The van der Waals surface area contributed by atoms with Crippen LogP contribution in [0.1, 0.15) is 34.6 Å². The van der Waals surface area contributed by atoms with Crippen molar-refractivity contribution in [2.75, 3.05) is 12.4 Å². The first kappa shape index (κ1) is 26.9. The van der Waals surface area contributed by atoms with Crippen molar-refractivity contribution in [3.8, 4) is 11.3 Å². The Labute approximate surface area is 244 Å². The van der Waals surface area contributed by atoms with E-state index in [4.69, 9.17) is 9.15 Å². The van der Waals surface area contributed by atoms with Crippen LogP contribution in [0.4, 0.5) is 5.69 Å². The van der Waals surface area contributed by atoms with Gasteiger partial charge in [-0.2, -0.15) is 0 Å². The molecule has 2 aromatic heterocycles. The fourth-order valence-corrected chi connectivity index (χ4v) is 6.00. The number of hydrogen-bond donors (Lipinski definition) is 1. The number of furan rings is 1. The Kier molecular flexibility index (Phi) is 7.24. The zero-order chi connectivity index (χ0) is 29.2. The number of nitrogens with one attached hydrogen (secondary N) is 1. The number of nitrogens with zero attached hydrogens (tertiary/aromatic N) is 2. The van der Waals surface area contributed by atoms with Crippen LogP contribution in [-0.4, -0.2) is 23.6 Å². The van der Waals surface area contributed by atoms with Gasteiger partial charge in [0.1, 0.15) is 11.5 Å². The van der Waals surface area contributed by atoms with Gasteiger partial charge >= 0.3 is 5.97 Å². The molecular weight excluding hydrogens is 550 g/mol. The summed E-state index contributed by atoms with van der Waals surface area (Å²) in [6, 6.07) is 28.4. The Hall–Kier alpha value is -5.28. The van der Waals surface area contributed by atoms with Gasteiger partial charge in [-0.1, -0.05) is 78.1 Å². The number of carbonyl (C=O) groups excluding carboxylic acids is 2. The van der Waals surface area contributed by atoms with Crippen LogP contribution in [0.3, 0.4) is 0 Å². The molecule has 1 N–H and O–H groups in total. The number of ether oxygens (including phenoxy) is 1. The molecule has 0 saturated carbocycles. The monoisotopic (exact) mass is 575 g/mol. The number of allylic oxidation sites excluding steroid dienone is 1. The van der Waals surface area contributed by atoms with Gasteiger partial charge in [-0.15, -0.1) is 0 Å². The SMILES string of the molecule is COC(=O)c1ccccc1-c1ccc(/C=c2/sc3n(c2=O)[C@@H](c2ccccc2)C(C(=O)Nc2ccccc2)=C(C)N=3)o1. The Morgan fingerprint density at radius 2 is 1.64 bits per heavy atom. The van der Waals surface area contributed by atoms with Crippen LogP contribution in [0.2, 0.25) is 0 Å². The average molecular weight is 576 g/mol. The minimum Gasteiger partial charge on any atom is -0.465 e. The molecule has 0 fully saturated rings. The molecule has 1 aliphatic heterocycles. The first-order valence-electron chi connectivity index (χ1n) is 13.2. The average Bonchev–Trinajstić information content (AvgIpc) is 3.60. The van der Waals surface area contributed by atoms with E-state index in [-0.39, 0.29) is 11.5 Å². The number of carbonyl (C=O) groups is 2. The van der Waals surface area contributed by atoms with E-state index in [9.17, 15) is 14.4 Å². The lowest BCUT2D eigenvalue weighted by Crippen LogP contribution is -2.40. The highest BCUT2D eigenvalue weighted by molar-refractivity contribution is 7.07. The van der Waals surface area contributed by atoms with Crippen molar-refractivity contribution in [2.45, 2.75) is 13.0 Å². The van der Waals surface area contributed by atoms with Gasteiger partial charge in [0.25, 0.3) is 11.5 Å². The number of aromatic nitrogens is 1. The van der Waals surface area contributed by atoms with E-state index in [0.717, 1.165) is 5.56 Å². The molecule has 5 aromatic rings. The second-order valence-electron chi connectivity index (χ2n) is 9.55. The number of rotatable bonds is 6. The second kappa shape index (κ2) is 11.3. The zero-order valence-electron chi connectivity index (χ0n) is 22.7. The van der Waals surface area contributed by atoms with Crippen molar-refractivity contribution in [3.63, 3.8) is 0 Å². The van der Waals surface area contributed by atoms with E-state index >= 15 is 0 Å². The first-order valence-corrected chi connectivity index (χ1v) is 14.0. The molecule has 42 heavy (non-hydrogen) atoms. The third-order valence-electron chi connectivity index (χ3n) is 6.91. The lowest BCUT2D eigenvalue weighted by molar-refractivity contribution is -0.113. The van der Waals surface area contributed by atoms with Crippen LogP contribution < -0.4 is 20.2 Å². The highest BCUT2D eigenvalue weighted by Crippen LogP contribution is 2.31. The van der Waals surface area contributed by atoms with Crippen LogP contribution >= 0.6 is 11.3 Å². The lowest BCUT2D eigenvalue weighted by atomic mass is 9.95. The van der Waals surface area contributed by atoms with Gasteiger partial charge in [0.15, 0.2) is 4.80 Å². The summed E-state index contributed by atoms with van der Waals surface area (Å²) in [6.45, 7) is 1.78. The van der Waals surface area contributed by atoms with Gasteiger partial charge in [-0.05, 0) is 42.8 Å². The van der Waals surface area contributed by atoms with Crippen molar-refractivity contribution >= 4 is 35.0 Å². The molecule has 3 aromatic carbocycles. The standard InChI is InChI=1S/C33H25N3O5S/c1-20-28(30(37)35-22-13-7-4-8-14-22)29(21-11-5-3-6-12-21)36-31(38)27(42-33(36)34-20)19-23-17-18-26(41-23)24-15-9-10-16-25(24)32(39)40-2/h3-19,29H,1-2H3,(H,35,37)/b27-19+/t29-/m0/s1. The van der Waals surface area contributed by atoms with Crippen LogP contribution in [-0.2, 0) is 9.53 Å². The maximum Gasteiger partial charge on any atom is 0.338 e. The summed E-state index contributed by atoms with van der Waals surface area (Å²) >= 11 is 1.22. The normalized spacial score (nSPS) is 14.7. The highest BCUT2D eigenvalue weighted by Gasteiger charge is 2.32. The highest BCUT2D eigenvalue weighted by atomic mass is 32.1. The summed E-state index contributed by atoms with van der Waals surface area (Å²) in [6.07, 6.45) is 1.65. The summed E-state index contributed by atoms with van der Waals surface area (Å²) < 4.78 is 12.9. The predicted octanol–water partition coefficient (Wildman–Crippen LogP) is 4.92. The van der Waals surface area contributed by atoms with Crippen molar-refractivity contribution in [2.24, 2.45) is 4.99 Å². The third kappa shape index (κ3) is 5.02. The Bertz CT molecular complexity index is 2020. The number of methoxy groups -OCH3 is 1. The van der Waals surface area contributed by atoms with Gasteiger partial charge in [0.2, 0.25) is 0 Å². The molecule has 1 atom stereocenters. The molecule has 208 valence electrons. The first-order chi connectivity index (χ1) is 20.4. The molecule has 8 nitrogen and oxygen atoms in total. The van der Waals surface area contributed by atoms with E-state index in [1.807, 2.05) is 60.7 Å². The van der Waals surface area contributed by atoms with E-state index in [2.05, 4.69) is 10.3 Å². The Morgan fingerprint density at radius 1 is 0.952 bits per heavy atom. The minimum atomic E-state index is -0.674. The summed E-state index contributed by atoms with van der Waals surface area (Å²) in [5, 5.41) is 2.95. The molecule has 0 unspecified atom stereocenters. The largest absolute Gasteiger partial charge is 0.465 e. The molecule has 1 amide bonds. The van der Waals surface area contributed by atoms with Crippen molar-refractivity contribution in [1.82, 2.24) is 4.57 Å². The quantitative estimate of drug-likeness (QED) is 0.290. The number of fused-ring (bicyclic) bond motifs is 1. The molecule has 0 aliphatic carbocycles. The van der Waals surface area contributed by atoms with Crippen LogP contribution in [0.15, 0.2) is 123 Å². The molecule has 1 aliphatic rings. The lowest BCUT2D eigenvalue weighted by Gasteiger charge is -2.25. The summed E-state index contributed by atoms with van der Waals surface area (Å²) in [7, 11) is 1.33. The van der Waals surface area contributed by atoms with Gasteiger partial charge in [0, 0.05) is 17.3 Å². The summed E-state index contributed by atoms with van der Waals surface area (Å²) in [5.74, 6) is 0.0997. The minimum absolute atomic E-state index is 0.293. The fourth-order valence-electron chi connectivity index (χ4n) is 4.97. The predicted molar refractivity (Wildman–Crippen MR) is 161 cm³/mol. The zero-order valence-corrected chi connectivity index (χ0v) is 23.6. The van der Waals surface area contributed by atoms with Crippen molar-refractivity contribution in [1.29, 1.82) is 0 Å². The number of amides is 1. The van der Waals surface area contributed by atoms with Gasteiger partial charge in [-0.3, -0.25) is 14.2 Å². The summed E-state index contributed by atoms with van der Waals surface area (Å²) in [5.41, 5.74) is 3.03. The van der Waals surface area contributed by atoms with Gasteiger partial charge in [0.05, 0.1) is 34.5 Å². The van der Waals surface area contributed by atoms with Gasteiger partial charge in [-0.25, -0.2) is 9.79 Å². The molecular formula is C33H25N3O5S. The Balaban J connectivity index is 1.43. The number of esters is 1. The van der Waals surface area contributed by atoms with E-state index in [1.165, 1.54) is 18.4 Å². The number of benzene rings is 3. The van der Waals surface area contributed by atoms with E-state index in [0.29, 0.717) is 48.9 Å². The smallest absolute Gasteiger partial charge is 0.338 e. The van der Waals surface area contributed by atoms with Crippen LogP contribution in [0.25, 0.3) is 17.4 Å². The van der Waals surface area contributed by atoms with Crippen molar-refractivity contribution in [3.05, 3.63) is 145 Å². The van der Waals surface area contributed by atoms with Crippen molar-refractivity contribution < 1.29 is 18.7 Å². The molecule has 0 bridgehead atoms. The van der Waals surface area contributed by atoms with E-state index < -0.39 is 12.0 Å². The second-order valence-corrected chi connectivity index (χ2v) is 10.6. The molecule has 3 heterocycles. The summed E-state index contributed by atoms with van der Waals surface area (Å²) in [4.78, 5) is 45.0.